The van der Waals surface area contributed by atoms with Crippen LogP contribution < -0.4 is 10.9 Å². The minimum absolute atomic E-state index is 0.190. The first-order valence-corrected chi connectivity index (χ1v) is 6.92. The Bertz CT molecular complexity index is 698. The molecular weight excluding hydrogens is 238 g/mol. The van der Waals surface area contributed by atoms with Gasteiger partial charge in [-0.1, -0.05) is 13.8 Å². The molecule has 0 saturated heterocycles. The van der Waals surface area contributed by atoms with Gasteiger partial charge in [0.2, 0.25) is 0 Å². The van der Waals surface area contributed by atoms with Gasteiger partial charge in [0.15, 0.2) is 0 Å². The zero-order valence-electron chi connectivity index (χ0n) is 11.7. The van der Waals surface area contributed by atoms with Crippen LogP contribution in [-0.4, -0.2) is 6.54 Å². The van der Waals surface area contributed by atoms with Gasteiger partial charge in [-0.25, -0.2) is 4.79 Å². The van der Waals surface area contributed by atoms with Crippen LogP contribution >= 0.6 is 0 Å². The molecule has 3 nitrogen and oxygen atoms in total. The minimum atomic E-state index is -0.198. The van der Waals surface area contributed by atoms with Crippen LogP contribution in [-0.2, 0) is 6.42 Å². The molecule has 0 aliphatic carbocycles. The molecule has 0 radical (unpaired) electrons. The minimum Gasteiger partial charge on any atom is -0.422 e. The van der Waals surface area contributed by atoms with Crippen LogP contribution in [0.5, 0.6) is 0 Å². The SMILES string of the molecule is Cc1c(C(C)C)c(=O)oc2cc3c(cc12)CCCN3. The second kappa shape index (κ2) is 4.41. The molecule has 3 heteroatoms. The summed E-state index contributed by atoms with van der Waals surface area (Å²) < 4.78 is 5.51. The number of benzene rings is 1. The molecule has 0 amide bonds. The quantitative estimate of drug-likeness (QED) is 0.794. The van der Waals surface area contributed by atoms with Gasteiger partial charge in [0, 0.05) is 29.2 Å². The van der Waals surface area contributed by atoms with Gasteiger partial charge in [-0.15, -0.1) is 0 Å². The molecule has 1 aliphatic rings. The molecule has 1 N–H and O–H groups in total. The zero-order valence-corrected chi connectivity index (χ0v) is 11.7. The molecule has 1 aromatic heterocycles. The number of aryl methyl sites for hydroxylation is 2. The van der Waals surface area contributed by atoms with Crippen molar-refractivity contribution in [3.05, 3.63) is 39.2 Å². The first-order chi connectivity index (χ1) is 9.08. The molecular formula is C16H19NO2. The van der Waals surface area contributed by atoms with Crippen molar-refractivity contribution in [2.75, 3.05) is 11.9 Å². The van der Waals surface area contributed by atoms with E-state index >= 15 is 0 Å². The average Bonchev–Trinajstić information content (AvgIpc) is 2.36. The van der Waals surface area contributed by atoms with E-state index in [0.717, 1.165) is 41.6 Å². The van der Waals surface area contributed by atoms with Gasteiger partial charge in [-0.05, 0) is 42.9 Å². The van der Waals surface area contributed by atoms with Crippen molar-refractivity contribution in [3.63, 3.8) is 0 Å². The van der Waals surface area contributed by atoms with E-state index in [-0.39, 0.29) is 11.5 Å². The van der Waals surface area contributed by atoms with Crippen molar-refractivity contribution in [2.45, 2.75) is 39.5 Å². The smallest absolute Gasteiger partial charge is 0.339 e. The second-order valence-corrected chi connectivity index (χ2v) is 5.62. The maximum atomic E-state index is 12.1. The molecule has 3 rings (SSSR count). The van der Waals surface area contributed by atoms with Crippen molar-refractivity contribution >= 4 is 16.7 Å². The van der Waals surface area contributed by atoms with E-state index in [4.69, 9.17) is 4.42 Å². The van der Waals surface area contributed by atoms with Crippen LogP contribution in [0.25, 0.3) is 11.0 Å². The number of hydrogen-bond acceptors (Lipinski definition) is 3. The Morgan fingerprint density at radius 1 is 1.32 bits per heavy atom. The van der Waals surface area contributed by atoms with Crippen LogP contribution in [0.2, 0.25) is 0 Å². The summed E-state index contributed by atoms with van der Waals surface area (Å²) >= 11 is 0. The maximum absolute atomic E-state index is 12.1. The number of anilines is 1. The summed E-state index contributed by atoms with van der Waals surface area (Å²) in [5, 5.41) is 4.44. The summed E-state index contributed by atoms with van der Waals surface area (Å²) in [6.07, 6.45) is 2.25. The summed E-state index contributed by atoms with van der Waals surface area (Å²) in [6.45, 7) is 7.08. The lowest BCUT2D eigenvalue weighted by Crippen LogP contribution is -2.14. The van der Waals surface area contributed by atoms with Crippen LogP contribution in [0.4, 0.5) is 5.69 Å². The largest absolute Gasteiger partial charge is 0.422 e. The predicted molar refractivity (Wildman–Crippen MR) is 78.1 cm³/mol. The molecule has 0 bridgehead atoms. The molecule has 0 unspecified atom stereocenters. The van der Waals surface area contributed by atoms with Crippen molar-refractivity contribution in [2.24, 2.45) is 0 Å². The van der Waals surface area contributed by atoms with Gasteiger partial charge in [-0.3, -0.25) is 0 Å². The summed E-state index contributed by atoms with van der Waals surface area (Å²) in [5.41, 5.74) is 4.80. The van der Waals surface area contributed by atoms with Crippen LogP contribution in [0.15, 0.2) is 21.3 Å². The molecule has 1 aromatic carbocycles. The first-order valence-electron chi connectivity index (χ1n) is 6.92. The first kappa shape index (κ1) is 12.3. The van der Waals surface area contributed by atoms with Gasteiger partial charge < -0.3 is 9.73 Å². The Kier molecular flexibility index (Phi) is 2.85. The standard InChI is InChI=1S/C16H19NO2/c1-9(2)15-10(3)12-7-11-5-4-6-17-13(11)8-14(12)19-16(15)18/h7-9,17H,4-6H2,1-3H3. The molecule has 1 aliphatic heterocycles. The van der Waals surface area contributed by atoms with E-state index in [1.165, 1.54) is 5.56 Å². The van der Waals surface area contributed by atoms with E-state index in [9.17, 15) is 4.79 Å². The molecule has 100 valence electrons. The monoisotopic (exact) mass is 257 g/mol. The Morgan fingerprint density at radius 2 is 2.11 bits per heavy atom. The fraction of sp³-hybridized carbons (Fsp3) is 0.438. The molecule has 2 heterocycles. The Labute approximate surface area is 112 Å². The van der Waals surface area contributed by atoms with E-state index < -0.39 is 0 Å². The number of nitrogens with one attached hydrogen (secondary N) is 1. The van der Waals surface area contributed by atoms with Crippen LogP contribution in [0, 0.1) is 6.92 Å². The molecule has 0 spiro atoms. The van der Waals surface area contributed by atoms with Gasteiger partial charge in [-0.2, -0.15) is 0 Å². The zero-order chi connectivity index (χ0) is 13.6. The van der Waals surface area contributed by atoms with Gasteiger partial charge in [0.25, 0.3) is 0 Å². The Hall–Kier alpha value is -1.77. The lowest BCUT2D eigenvalue weighted by atomic mass is 9.94. The van der Waals surface area contributed by atoms with E-state index in [2.05, 4.69) is 11.4 Å². The highest BCUT2D eigenvalue weighted by molar-refractivity contribution is 5.86. The number of fused-ring (bicyclic) bond motifs is 2. The summed E-state index contributed by atoms with van der Waals surface area (Å²) in [5.74, 6) is 0.190. The van der Waals surface area contributed by atoms with Crippen molar-refractivity contribution < 1.29 is 4.42 Å². The van der Waals surface area contributed by atoms with Crippen molar-refractivity contribution in [3.8, 4) is 0 Å². The van der Waals surface area contributed by atoms with Crippen LogP contribution in [0.3, 0.4) is 0 Å². The lowest BCUT2D eigenvalue weighted by Gasteiger charge is -2.19. The molecule has 0 saturated carbocycles. The van der Waals surface area contributed by atoms with Gasteiger partial charge in [0.05, 0.1) is 0 Å². The maximum Gasteiger partial charge on any atom is 0.339 e. The Morgan fingerprint density at radius 3 is 2.84 bits per heavy atom. The molecule has 19 heavy (non-hydrogen) atoms. The Balaban J connectivity index is 2.33. The highest BCUT2D eigenvalue weighted by Crippen LogP contribution is 2.31. The molecule has 2 aromatic rings. The van der Waals surface area contributed by atoms with Gasteiger partial charge >= 0.3 is 5.63 Å². The van der Waals surface area contributed by atoms with Crippen molar-refractivity contribution in [1.82, 2.24) is 0 Å². The van der Waals surface area contributed by atoms with Crippen LogP contribution in [0.1, 0.15) is 42.9 Å². The average molecular weight is 257 g/mol. The second-order valence-electron chi connectivity index (χ2n) is 5.62. The molecule has 0 fully saturated rings. The summed E-state index contributed by atoms with van der Waals surface area (Å²) in [6, 6.07) is 4.16. The van der Waals surface area contributed by atoms with Gasteiger partial charge in [0.1, 0.15) is 5.58 Å². The van der Waals surface area contributed by atoms with Crippen molar-refractivity contribution in [1.29, 1.82) is 0 Å². The van der Waals surface area contributed by atoms with E-state index in [1.807, 2.05) is 26.8 Å². The fourth-order valence-corrected chi connectivity index (χ4v) is 3.00. The predicted octanol–water partition coefficient (Wildman–Crippen LogP) is 3.58. The summed E-state index contributed by atoms with van der Waals surface area (Å²) in [7, 11) is 0. The third-order valence-corrected chi connectivity index (χ3v) is 3.95. The van der Waals surface area contributed by atoms with E-state index in [1.54, 1.807) is 0 Å². The normalized spacial score (nSPS) is 14.5. The third-order valence-electron chi connectivity index (χ3n) is 3.95. The number of hydrogen-bond donors (Lipinski definition) is 1. The summed E-state index contributed by atoms with van der Waals surface area (Å²) in [4.78, 5) is 12.1. The topological polar surface area (TPSA) is 42.2 Å². The third kappa shape index (κ3) is 1.93. The lowest BCUT2D eigenvalue weighted by molar-refractivity contribution is 0.542. The number of rotatable bonds is 1. The highest BCUT2D eigenvalue weighted by atomic mass is 16.4. The van der Waals surface area contributed by atoms with E-state index in [0.29, 0.717) is 5.58 Å². The highest BCUT2D eigenvalue weighted by Gasteiger charge is 2.17. The fourth-order valence-electron chi connectivity index (χ4n) is 3.00. The molecule has 0 atom stereocenters.